The number of fused-ring (bicyclic) bond motifs is 7. The molecular formula is C31H23N5O. The number of nitrogens with two attached hydrogens (primary N) is 1. The molecule has 0 spiro atoms. The number of aromatic amines is 2. The van der Waals surface area contributed by atoms with Crippen LogP contribution in [0.25, 0.3) is 66.1 Å². The maximum atomic E-state index is 12.0. The Balaban J connectivity index is 1.56. The minimum atomic E-state index is -0.229. The smallest absolute Gasteiger partial charge is 0.238 e. The van der Waals surface area contributed by atoms with Crippen LogP contribution in [0.5, 0.6) is 0 Å². The van der Waals surface area contributed by atoms with Gasteiger partial charge in [-0.05, 0) is 34.5 Å². The first kappa shape index (κ1) is 21.4. The van der Waals surface area contributed by atoms with Crippen molar-refractivity contribution in [3.63, 3.8) is 0 Å². The predicted octanol–water partition coefficient (Wildman–Crippen LogP) is 6.58. The van der Waals surface area contributed by atoms with Gasteiger partial charge in [-0.2, -0.15) is 0 Å². The maximum absolute atomic E-state index is 12.0. The normalized spacial score (nSPS) is 11.6. The first-order valence-electron chi connectivity index (χ1n) is 12.2. The molecule has 6 nitrogen and oxygen atoms in total. The molecule has 178 valence electrons. The van der Waals surface area contributed by atoms with E-state index in [2.05, 4.69) is 51.7 Å². The highest BCUT2D eigenvalue weighted by Crippen LogP contribution is 2.41. The number of carbonyl (C=O) groups excluding carboxylic acids is 1. The summed E-state index contributed by atoms with van der Waals surface area (Å²) in [6.07, 6.45) is 0. The Hall–Kier alpha value is -4.94. The molecule has 7 aromatic rings. The van der Waals surface area contributed by atoms with Crippen molar-refractivity contribution in [2.24, 2.45) is 5.73 Å². The summed E-state index contributed by atoms with van der Waals surface area (Å²) in [4.78, 5) is 24.5. The number of benzene rings is 5. The van der Waals surface area contributed by atoms with Gasteiger partial charge in [0.25, 0.3) is 0 Å². The molecule has 0 aliphatic heterocycles. The molecule has 0 aliphatic carbocycles. The van der Waals surface area contributed by atoms with E-state index in [9.17, 15) is 4.79 Å². The molecule has 0 fully saturated rings. The second-order valence-corrected chi connectivity index (χ2v) is 9.15. The van der Waals surface area contributed by atoms with Gasteiger partial charge in [-0.3, -0.25) is 4.79 Å². The number of aromatic nitrogens is 3. The quantitative estimate of drug-likeness (QED) is 0.214. The molecule has 7 rings (SSSR count). The Kier molecular flexibility index (Phi) is 4.80. The van der Waals surface area contributed by atoms with Crippen LogP contribution in [-0.2, 0) is 4.79 Å². The molecule has 2 heterocycles. The summed E-state index contributed by atoms with van der Waals surface area (Å²) in [5.74, 6) is 0.563. The van der Waals surface area contributed by atoms with E-state index in [0.29, 0.717) is 5.69 Å². The maximum Gasteiger partial charge on any atom is 0.238 e. The number of hydrogen-bond acceptors (Lipinski definition) is 3. The third-order valence-electron chi connectivity index (χ3n) is 6.94. The molecule has 2 aromatic heterocycles. The van der Waals surface area contributed by atoms with Gasteiger partial charge in [-0.15, -0.1) is 0 Å². The lowest BCUT2D eigenvalue weighted by atomic mass is 9.99. The molecule has 6 heteroatoms. The molecule has 5 aromatic carbocycles. The Morgan fingerprint density at radius 1 is 0.757 bits per heavy atom. The number of H-pyrrole nitrogens is 2. The third-order valence-corrected chi connectivity index (χ3v) is 6.94. The Labute approximate surface area is 212 Å². The molecule has 0 radical (unpaired) electrons. The second kappa shape index (κ2) is 8.33. The van der Waals surface area contributed by atoms with Gasteiger partial charge < -0.3 is 21.0 Å². The standard InChI is InChI=1S/C31H23N5O/c32-17-26(37)33-19-14-15-21-20-10-4-5-11-22(20)29-30(24(21)16-19)36-31(35-29)27-23-12-6-7-13-25(23)34-28(27)18-8-2-1-3-9-18/h1-16,34H,17,32H2,(H,33,37)(H,35,36). The Morgan fingerprint density at radius 3 is 2.27 bits per heavy atom. The molecule has 0 atom stereocenters. The van der Waals surface area contributed by atoms with Crippen molar-refractivity contribution in [1.29, 1.82) is 0 Å². The summed E-state index contributed by atoms with van der Waals surface area (Å²) in [6, 6.07) is 32.9. The lowest BCUT2D eigenvalue weighted by Crippen LogP contribution is -2.21. The first-order valence-corrected chi connectivity index (χ1v) is 12.2. The van der Waals surface area contributed by atoms with Crippen molar-refractivity contribution in [1.82, 2.24) is 15.0 Å². The van der Waals surface area contributed by atoms with Crippen LogP contribution in [0.1, 0.15) is 0 Å². The molecule has 0 saturated heterocycles. The monoisotopic (exact) mass is 481 g/mol. The summed E-state index contributed by atoms with van der Waals surface area (Å²) < 4.78 is 0. The third kappa shape index (κ3) is 3.38. The van der Waals surface area contributed by atoms with E-state index in [-0.39, 0.29) is 12.5 Å². The number of amides is 1. The first-order chi connectivity index (χ1) is 18.2. The van der Waals surface area contributed by atoms with Crippen LogP contribution in [0.15, 0.2) is 97.1 Å². The molecule has 0 aliphatic rings. The van der Waals surface area contributed by atoms with Crippen LogP contribution in [0.2, 0.25) is 0 Å². The van der Waals surface area contributed by atoms with Gasteiger partial charge in [0.05, 0.1) is 28.8 Å². The highest BCUT2D eigenvalue weighted by Gasteiger charge is 2.20. The molecule has 0 bridgehead atoms. The van der Waals surface area contributed by atoms with E-state index in [1.807, 2.05) is 60.7 Å². The van der Waals surface area contributed by atoms with Gasteiger partial charge in [0.1, 0.15) is 5.82 Å². The van der Waals surface area contributed by atoms with E-state index >= 15 is 0 Å². The van der Waals surface area contributed by atoms with E-state index in [4.69, 9.17) is 10.7 Å². The zero-order valence-electron chi connectivity index (χ0n) is 19.9. The van der Waals surface area contributed by atoms with E-state index in [1.54, 1.807) is 0 Å². The number of para-hydroxylation sites is 1. The number of nitrogens with one attached hydrogen (secondary N) is 3. The van der Waals surface area contributed by atoms with Crippen molar-refractivity contribution in [2.75, 3.05) is 11.9 Å². The van der Waals surface area contributed by atoms with Crippen LogP contribution < -0.4 is 11.1 Å². The van der Waals surface area contributed by atoms with Gasteiger partial charge in [0.2, 0.25) is 5.91 Å². The van der Waals surface area contributed by atoms with Crippen LogP contribution in [0.4, 0.5) is 5.69 Å². The van der Waals surface area contributed by atoms with Crippen LogP contribution in [0.3, 0.4) is 0 Å². The minimum absolute atomic E-state index is 0.0673. The van der Waals surface area contributed by atoms with Gasteiger partial charge in [-0.25, -0.2) is 4.98 Å². The van der Waals surface area contributed by atoms with Crippen LogP contribution in [0, 0.1) is 0 Å². The summed E-state index contributed by atoms with van der Waals surface area (Å²) in [5, 5.41) is 8.25. The number of rotatable bonds is 4. The number of carbonyl (C=O) groups is 1. The fourth-order valence-electron chi connectivity index (χ4n) is 5.29. The minimum Gasteiger partial charge on any atom is -0.354 e. The van der Waals surface area contributed by atoms with E-state index in [1.165, 1.54) is 0 Å². The zero-order chi connectivity index (χ0) is 24.9. The van der Waals surface area contributed by atoms with Crippen molar-refractivity contribution in [2.45, 2.75) is 0 Å². The number of hydrogen-bond donors (Lipinski definition) is 4. The lowest BCUT2D eigenvalue weighted by molar-refractivity contribution is -0.114. The largest absolute Gasteiger partial charge is 0.354 e. The molecule has 0 saturated carbocycles. The van der Waals surface area contributed by atoms with Crippen LogP contribution in [-0.4, -0.2) is 27.4 Å². The molecular weight excluding hydrogens is 458 g/mol. The van der Waals surface area contributed by atoms with Gasteiger partial charge >= 0.3 is 0 Å². The molecule has 37 heavy (non-hydrogen) atoms. The molecule has 1 amide bonds. The molecule has 0 unspecified atom stereocenters. The van der Waals surface area contributed by atoms with Crippen molar-refractivity contribution < 1.29 is 4.79 Å². The average molecular weight is 482 g/mol. The predicted molar refractivity (Wildman–Crippen MR) is 152 cm³/mol. The van der Waals surface area contributed by atoms with Gasteiger partial charge in [-0.1, -0.05) is 78.9 Å². The zero-order valence-corrected chi connectivity index (χ0v) is 19.9. The van der Waals surface area contributed by atoms with Crippen molar-refractivity contribution in [3.8, 4) is 22.6 Å². The fourth-order valence-corrected chi connectivity index (χ4v) is 5.29. The van der Waals surface area contributed by atoms with Gasteiger partial charge in [0.15, 0.2) is 0 Å². The van der Waals surface area contributed by atoms with Crippen molar-refractivity contribution >= 4 is 55.1 Å². The molecule has 5 N–H and O–H groups in total. The second-order valence-electron chi connectivity index (χ2n) is 9.15. The SMILES string of the molecule is NCC(=O)Nc1ccc2c3ccccc3c3nc(-c4c(-c5ccccc5)[nH]c5ccccc45)[nH]c3c2c1. The average Bonchev–Trinajstić information content (AvgIpc) is 3.56. The number of anilines is 1. The number of nitrogens with zero attached hydrogens (tertiary/aromatic N) is 1. The van der Waals surface area contributed by atoms with Gasteiger partial charge in [0, 0.05) is 27.4 Å². The Morgan fingerprint density at radius 2 is 1.46 bits per heavy atom. The topological polar surface area (TPSA) is 99.6 Å². The highest BCUT2D eigenvalue weighted by atomic mass is 16.1. The summed E-state index contributed by atoms with van der Waals surface area (Å²) >= 11 is 0. The lowest BCUT2D eigenvalue weighted by Gasteiger charge is -2.09. The van der Waals surface area contributed by atoms with Crippen molar-refractivity contribution in [3.05, 3.63) is 97.1 Å². The van der Waals surface area contributed by atoms with E-state index < -0.39 is 0 Å². The summed E-state index contributed by atoms with van der Waals surface area (Å²) in [7, 11) is 0. The summed E-state index contributed by atoms with van der Waals surface area (Å²) in [5.41, 5.74) is 12.3. The Bertz CT molecular complexity index is 1970. The fraction of sp³-hybridized carbons (Fsp3) is 0.0323. The summed E-state index contributed by atoms with van der Waals surface area (Å²) in [6.45, 7) is -0.0673. The van der Waals surface area contributed by atoms with Crippen LogP contribution >= 0.6 is 0 Å². The van der Waals surface area contributed by atoms with E-state index in [0.717, 1.165) is 66.1 Å². The number of imidazole rings is 1. The highest BCUT2D eigenvalue weighted by molar-refractivity contribution is 6.24.